The van der Waals surface area contributed by atoms with Gasteiger partial charge in [-0.2, -0.15) is 4.98 Å². The lowest BCUT2D eigenvalue weighted by Gasteiger charge is -2.15. The summed E-state index contributed by atoms with van der Waals surface area (Å²) >= 11 is 1.07. The number of Topliss-reactive ketones (excluding diaryl/α,β-unsaturated/α-hetero) is 1. The number of anilines is 1. The number of ketones is 1. The fourth-order valence-corrected chi connectivity index (χ4v) is 3.84. The topological polar surface area (TPSA) is 112 Å². The molecule has 3 rings (SSSR count). The van der Waals surface area contributed by atoms with Gasteiger partial charge in [0.15, 0.2) is 10.9 Å². The lowest BCUT2D eigenvalue weighted by molar-refractivity contribution is -0.115. The zero-order valence-electron chi connectivity index (χ0n) is 17.2. The molecule has 1 amide bonds. The van der Waals surface area contributed by atoms with Crippen LogP contribution in [0.5, 0.6) is 5.88 Å². The molecule has 3 aromatic rings. The predicted octanol–water partition coefficient (Wildman–Crippen LogP) is 3.78. The zero-order valence-corrected chi connectivity index (χ0v) is 18.0. The molecule has 0 saturated heterocycles. The van der Waals surface area contributed by atoms with Gasteiger partial charge in [0, 0.05) is 17.7 Å². The molecule has 3 N–H and O–H groups in total. The predicted molar refractivity (Wildman–Crippen MR) is 121 cm³/mol. The highest BCUT2D eigenvalue weighted by atomic mass is 32.2. The quantitative estimate of drug-likeness (QED) is 0.281. The normalized spacial score (nSPS) is 11.7. The van der Waals surface area contributed by atoms with Gasteiger partial charge in [0.1, 0.15) is 0 Å². The largest absolute Gasteiger partial charge is 0.493 e. The Bertz CT molecular complexity index is 1130. The average Bonchev–Trinajstić information content (AvgIpc) is 2.75. The van der Waals surface area contributed by atoms with Gasteiger partial charge in [-0.3, -0.25) is 14.4 Å². The number of aromatic hydroxyl groups is 1. The summed E-state index contributed by atoms with van der Waals surface area (Å²) < 4.78 is 0. The highest BCUT2D eigenvalue weighted by molar-refractivity contribution is 8.00. The van der Waals surface area contributed by atoms with Crippen molar-refractivity contribution in [2.24, 2.45) is 0 Å². The van der Waals surface area contributed by atoms with E-state index >= 15 is 0 Å². The minimum atomic E-state index is -0.532. The van der Waals surface area contributed by atoms with Crippen LogP contribution in [0, 0.1) is 0 Å². The third kappa shape index (κ3) is 5.82. The summed E-state index contributed by atoms with van der Waals surface area (Å²) in [5.41, 5.74) is 1.75. The molecule has 1 aromatic heterocycles. The van der Waals surface area contributed by atoms with Crippen LogP contribution in [0.4, 0.5) is 5.69 Å². The molecule has 0 bridgehead atoms. The van der Waals surface area contributed by atoms with Crippen LogP contribution in [0.2, 0.25) is 0 Å². The van der Waals surface area contributed by atoms with Gasteiger partial charge in [-0.1, -0.05) is 49.0 Å². The first-order chi connectivity index (χ1) is 14.9. The highest BCUT2D eigenvalue weighted by Gasteiger charge is 2.21. The SMILES string of the molecule is CCC(Sc1nc(O)c(Cc2ccccc2)c(=O)[nH]1)C(=O)Nc1ccc(C(C)=O)cc1. The van der Waals surface area contributed by atoms with E-state index in [-0.39, 0.29) is 34.7 Å². The van der Waals surface area contributed by atoms with E-state index < -0.39 is 10.8 Å². The number of nitrogens with one attached hydrogen (secondary N) is 2. The number of thioether (sulfide) groups is 1. The van der Waals surface area contributed by atoms with Gasteiger partial charge < -0.3 is 15.4 Å². The van der Waals surface area contributed by atoms with E-state index in [0.29, 0.717) is 17.7 Å². The summed E-state index contributed by atoms with van der Waals surface area (Å²) in [6.07, 6.45) is 0.742. The van der Waals surface area contributed by atoms with Crippen molar-refractivity contribution < 1.29 is 14.7 Å². The molecule has 7 nitrogen and oxygen atoms in total. The maximum absolute atomic E-state index is 12.7. The monoisotopic (exact) mass is 437 g/mol. The van der Waals surface area contributed by atoms with Crippen molar-refractivity contribution >= 4 is 29.1 Å². The molecule has 0 aliphatic heterocycles. The van der Waals surface area contributed by atoms with Gasteiger partial charge in [-0.05, 0) is 43.2 Å². The number of aromatic nitrogens is 2. The Hall–Kier alpha value is -3.39. The van der Waals surface area contributed by atoms with E-state index in [1.54, 1.807) is 24.3 Å². The summed E-state index contributed by atoms with van der Waals surface area (Å²) in [7, 11) is 0. The number of hydrogen-bond acceptors (Lipinski definition) is 6. The molecule has 0 saturated carbocycles. The third-order valence-electron chi connectivity index (χ3n) is 4.67. The summed E-state index contributed by atoms with van der Waals surface area (Å²) in [6, 6.07) is 15.9. The van der Waals surface area contributed by atoms with Crippen molar-refractivity contribution in [3.05, 3.63) is 81.6 Å². The lowest BCUT2D eigenvalue weighted by Crippen LogP contribution is -2.25. The molecule has 0 radical (unpaired) electrons. The van der Waals surface area contributed by atoms with E-state index in [2.05, 4.69) is 15.3 Å². The first kappa shape index (κ1) is 22.3. The number of carbonyl (C=O) groups excluding carboxylic acids is 2. The first-order valence-corrected chi connectivity index (χ1v) is 10.7. The lowest BCUT2D eigenvalue weighted by atomic mass is 10.1. The molecule has 31 heavy (non-hydrogen) atoms. The van der Waals surface area contributed by atoms with Crippen LogP contribution in [0.25, 0.3) is 0 Å². The molecule has 0 aliphatic carbocycles. The van der Waals surface area contributed by atoms with Crippen LogP contribution >= 0.6 is 11.8 Å². The first-order valence-electron chi connectivity index (χ1n) is 9.82. The van der Waals surface area contributed by atoms with Crippen molar-refractivity contribution in [1.82, 2.24) is 9.97 Å². The Labute approximate surface area is 183 Å². The van der Waals surface area contributed by atoms with Crippen LogP contribution in [-0.4, -0.2) is 32.0 Å². The van der Waals surface area contributed by atoms with E-state index in [4.69, 9.17) is 0 Å². The molecule has 0 fully saturated rings. The fraction of sp³-hybridized carbons (Fsp3) is 0.217. The Balaban J connectivity index is 1.71. The third-order valence-corrected chi connectivity index (χ3v) is 5.92. The molecule has 8 heteroatoms. The molecule has 1 atom stereocenters. The number of hydrogen-bond donors (Lipinski definition) is 3. The minimum Gasteiger partial charge on any atom is -0.493 e. The highest BCUT2D eigenvalue weighted by Crippen LogP contribution is 2.25. The second-order valence-corrected chi connectivity index (χ2v) is 8.16. The van der Waals surface area contributed by atoms with Gasteiger partial charge in [-0.15, -0.1) is 0 Å². The minimum absolute atomic E-state index is 0.0505. The Morgan fingerprint density at radius 3 is 2.39 bits per heavy atom. The maximum atomic E-state index is 12.7. The Kier molecular flexibility index (Phi) is 7.25. The molecule has 1 unspecified atom stereocenters. The number of benzene rings is 2. The van der Waals surface area contributed by atoms with Gasteiger partial charge in [-0.25, -0.2) is 0 Å². The number of nitrogens with zero attached hydrogens (tertiary/aromatic N) is 1. The van der Waals surface area contributed by atoms with Gasteiger partial charge >= 0.3 is 0 Å². The molecule has 0 spiro atoms. The van der Waals surface area contributed by atoms with Crippen molar-refractivity contribution in [3.63, 3.8) is 0 Å². The van der Waals surface area contributed by atoms with E-state index in [0.717, 1.165) is 17.3 Å². The van der Waals surface area contributed by atoms with Crippen molar-refractivity contribution in [1.29, 1.82) is 0 Å². The van der Waals surface area contributed by atoms with Crippen molar-refractivity contribution in [3.8, 4) is 5.88 Å². The van der Waals surface area contributed by atoms with Gasteiger partial charge in [0.05, 0.1) is 10.8 Å². The number of carbonyl (C=O) groups is 2. The fourth-order valence-electron chi connectivity index (χ4n) is 2.95. The van der Waals surface area contributed by atoms with Crippen molar-refractivity contribution in [2.45, 2.75) is 37.1 Å². The van der Waals surface area contributed by atoms with E-state index in [1.165, 1.54) is 6.92 Å². The van der Waals surface area contributed by atoms with Crippen molar-refractivity contribution in [2.75, 3.05) is 5.32 Å². The van der Waals surface area contributed by atoms with E-state index in [1.807, 2.05) is 37.3 Å². The van der Waals surface area contributed by atoms with Crippen LogP contribution in [0.1, 0.15) is 41.8 Å². The average molecular weight is 438 g/mol. The number of H-pyrrole nitrogens is 1. The molecular formula is C23H23N3O4S. The van der Waals surface area contributed by atoms with E-state index in [9.17, 15) is 19.5 Å². The summed E-state index contributed by atoms with van der Waals surface area (Å²) in [6.45, 7) is 3.32. The van der Waals surface area contributed by atoms with Crippen LogP contribution < -0.4 is 10.9 Å². The summed E-state index contributed by atoms with van der Waals surface area (Å²) in [5.74, 6) is -0.658. The molecule has 1 heterocycles. The molecular weight excluding hydrogens is 414 g/mol. The Morgan fingerprint density at radius 1 is 1.13 bits per heavy atom. The second-order valence-electron chi connectivity index (χ2n) is 6.97. The number of aromatic amines is 1. The standard InChI is InChI=1S/C23H23N3O4S/c1-3-19(22(30)24-17-11-9-16(10-12-17)14(2)27)31-23-25-20(28)18(21(29)26-23)13-15-7-5-4-6-8-15/h4-12,19H,3,13H2,1-2H3,(H,24,30)(H2,25,26,28,29). The van der Waals surface area contributed by atoms with Crippen LogP contribution in [-0.2, 0) is 11.2 Å². The smallest absolute Gasteiger partial charge is 0.258 e. The Morgan fingerprint density at radius 2 is 1.81 bits per heavy atom. The number of rotatable bonds is 8. The summed E-state index contributed by atoms with van der Waals surface area (Å²) in [4.78, 5) is 43.3. The zero-order chi connectivity index (χ0) is 22.4. The van der Waals surface area contributed by atoms with Gasteiger partial charge in [0.25, 0.3) is 5.56 Å². The molecule has 2 aromatic carbocycles. The number of amides is 1. The molecule has 160 valence electrons. The van der Waals surface area contributed by atoms with Gasteiger partial charge in [0.2, 0.25) is 11.8 Å². The van der Waals surface area contributed by atoms with Crippen LogP contribution in [0.15, 0.2) is 64.5 Å². The second kappa shape index (κ2) is 10.1. The molecule has 0 aliphatic rings. The maximum Gasteiger partial charge on any atom is 0.258 e. The van der Waals surface area contributed by atoms with Crippen LogP contribution in [0.3, 0.4) is 0 Å². The summed E-state index contributed by atoms with van der Waals surface area (Å²) in [5, 5.41) is 12.7.